The number of carbonyl (C=O) groups excluding carboxylic acids is 2. The summed E-state index contributed by atoms with van der Waals surface area (Å²) in [5, 5.41) is 17.5. The van der Waals surface area contributed by atoms with Crippen molar-refractivity contribution >= 4 is 24.0 Å². The molecule has 1 aliphatic heterocycles. The third-order valence-electron chi connectivity index (χ3n) is 8.36. The SMILES string of the molecule is C[C@@H](OC(=O)Nc1c(-c2ccc(-c3ccc(C4(C(=O)O)CCN(C(=O)OC(C)(C)C)CC4)cc3)cc2)cnn1C)c1ccccc1. The molecule has 0 saturated carbocycles. The average Bonchev–Trinajstić information content (AvgIpc) is 3.39. The molecule has 4 aromatic rings. The van der Waals surface area contributed by atoms with E-state index in [1.807, 2.05) is 107 Å². The summed E-state index contributed by atoms with van der Waals surface area (Å²) in [5.74, 6) is -0.383. The lowest BCUT2D eigenvalue weighted by atomic mass is 9.72. The van der Waals surface area contributed by atoms with Gasteiger partial charge in [-0.15, -0.1) is 0 Å². The highest BCUT2D eigenvalue weighted by molar-refractivity contribution is 5.90. The Kier molecular flexibility index (Phi) is 9.18. The van der Waals surface area contributed by atoms with Gasteiger partial charge in [-0.3, -0.25) is 14.8 Å². The largest absolute Gasteiger partial charge is 0.481 e. The molecule has 1 aliphatic rings. The maximum Gasteiger partial charge on any atom is 0.413 e. The standard InChI is InChI=1S/C36H40N4O6/c1-24(25-9-7-6-8-10-25)45-33(43)38-31-30(23-37-39(31)5)28-13-11-26(12-14-28)27-15-17-29(18-16-27)36(32(41)42)19-21-40(22-20-36)34(44)46-35(2,3)4/h6-18,23-24H,19-22H2,1-5H3,(H,38,43)(H,41,42)/t24-/m1/s1. The Balaban J connectivity index is 1.27. The van der Waals surface area contributed by atoms with Crippen LogP contribution in [0.25, 0.3) is 22.3 Å². The van der Waals surface area contributed by atoms with E-state index in [0.29, 0.717) is 37.3 Å². The summed E-state index contributed by atoms with van der Waals surface area (Å²) in [6.07, 6.45) is 0.883. The molecule has 46 heavy (non-hydrogen) atoms. The molecule has 0 radical (unpaired) electrons. The average molecular weight is 625 g/mol. The molecule has 240 valence electrons. The first-order valence-electron chi connectivity index (χ1n) is 15.3. The van der Waals surface area contributed by atoms with Crippen molar-refractivity contribution in [2.24, 2.45) is 7.05 Å². The topological polar surface area (TPSA) is 123 Å². The van der Waals surface area contributed by atoms with Crippen molar-refractivity contribution in [3.8, 4) is 22.3 Å². The van der Waals surface area contributed by atoms with Crippen molar-refractivity contribution in [1.82, 2.24) is 14.7 Å². The second kappa shape index (κ2) is 13.1. The summed E-state index contributed by atoms with van der Waals surface area (Å²) in [4.78, 5) is 39.4. The number of carboxylic acid groups (broad SMARTS) is 1. The summed E-state index contributed by atoms with van der Waals surface area (Å²) >= 11 is 0. The molecule has 10 nitrogen and oxygen atoms in total. The number of hydrogen-bond acceptors (Lipinski definition) is 6. The van der Waals surface area contributed by atoms with Gasteiger partial charge < -0.3 is 19.5 Å². The number of nitrogens with zero attached hydrogens (tertiary/aromatic N) is 3. The van der Waals surface area contributed by atoms with Crippen molar-refractivity contribution in [3.05, 3.63) is 96.2 Å². The minimum atomic E-state index is -1.08. The lowest BCUT2D eigenvalue weighted by Crippen LogP contribution is -2.50. The lowest BCUT2D eigenvalue weighted by Gasteiger charge is -2.39. The molecule has 1 atom stereocenters. The van der Waals surface area contributed by atoms with Crippen LogP contribution < -0.4 is 5.32 Å². The van der Waals surface area contributed by atoms with E-state index >= 15 is 0 Å². The Bertz CT molecular complexity index is 1680. The van der Waals surface area contributed by atoms with Crippen LogP contribution >= 0.6 is 0 Å². The van der Waals surface area contributed by atoms with Crippen molar-refractivity contribution < 1.29 is 29.0 Å². The highest BCUT2D eigenvalue weighted by Crippen LogP contribution is 2.38. The first kappa shape index (κ1) is 32.3. The predicted molar refractivity (Wildman–Crippen MR) is 175 cm³/mol. The first-order valence-corrected chi connectivity index (χ1v) is 15.3. The van der Waals surface area contributed by atoms with E-state index in [1.165, 1.54) is 0 Å². The minimum Gasteiger partial charge on any atom is -0.481 e. The van der Waals surface area contributed by atoms with Gasteiger partial charge in [0.25, 0.3) is 0 Å². The van der Waals surface area contributed by atoms with Gasteiger partial charge in [0.2, 0.25) is 0 Å². The predicted octanol–water partition coefficient (Wildman–Crippen LogP) is 7.42. The van der Waals surface area contributed by atoms with Crippen LogP contribution in [0.2, 0.25) is 0 Å². The van der Waals surface area contributed by atoms with Gasteiger partial charge in [0.1, 0.15) is 17.5 Å². The number of anilines is 1. The minimum absolute atomic E-state index is 0.301. The molecule has 1 aromatic heterocycles. The molecule has 1 saturated heterocycles. The normalized spacial score (nSPS) is 15.1. The molecule has 2 amide bonds. The molecule has 0 bridgehead atoms. The van der Waals surface area contributed by atoms with Crippen molar-refractivity contribution in [1.29, 1.82) is 0 Å². The smallest absolute Gasteiger partial charge is 0.413 e. The van der Waals surface area contributed by atoms with Crippen LogP contribution in [0.4, 0.5) is 15.4 Å². The van der Waals surface area contributed by atoms with Crippen molar-refractivity contribution in [2.45, 2.75) is 57.7 Å². The molecule has 0 spiro atoms. The maximum absolute atomic E-state index is 12.7. The van der Waals surface area contributed by atoms with E-state index in [4.69, 9.17) is 9.47 Å². The second-order valence-electron chi connectivity index (χ2n) is 12.6. The van der Waals surface area contributed by atoms with Crippen LogP contribution in [0.5, 0.6) is 0 Å². The Morgan fingerprint density at radius 3 is 2.02 bits per heavy atom. The van der Waals surface area contributed by atoms with E-state index in [9.17, 15) is 19.5 Å². The molecular formula is C36H40N4O6. The first-order chi connectivity index (χ1) is 21.9. The number of amides is 2. The molecule has 0 unspecified atom stereocenters. The summed E-state index contributed by atoms with van der Waals surface area (Å²) in [7, 11) is 1.75. The third kappa shape index (κ3) is 7.06. The van der Waals surface area contributed by atoms with Crippen LogP contribution in [0, 0.1) is 0 Å². The summed E-state index contributed by atoms with van der Waals surface area (Å²) < 4.78 is 12.7. The number of rotatable bonds is 7. The zero-order valence-electron chi connectivity index (χ0n) is 26.8. The van der Waals surface area contributed by atoms with E-state index < -0.39 is 35.3 Å². The zero-order valence-corrected chi connectivity index (χ0v) is 26.8. The van der Waals surface area contributed by atoms with E-state index in [-0.39, 0.29) is 0 Å². The van der Waals surface area contributed by atoms with Gasteiger partial charge in [0.15, 0.2) is 0 Å². The molecule has 2 heterocycles. The number of hydrogen-bond donors (Lipinski definition) is 2. The van der Waals surface area contributed by atoms with Crippen LogP contribution in [0.15, 0.2) is 85.1 Å². The Morgan fingerprint density at radius 1 is 0.891 bits per heavy atom. The van der Waals surface area contributed by atoms with Gasteiger partial charge in [-0.2, -0.15) is 5.10 Å². The zero-order chi connectivity index (χ0) is 33.1. The lowest BCUT2D eigenvalue weighted by molar-refractivity contribution is -0.146. The number of benzene rings is 3. The number of carboxylic acids is 1. The van der Waals surface area contributed by atoms with E-state index in [2.05, 4.69) is 10.4 Å². The van der Waals surface area contributed by atoms with Gasteiger partial charge in [0, 0.05) is 25.7 Å². The molecule has 3 aromatic carbocycles. The Hall–Kier alpha value is -5.12. The highest BCUT2D eigenvalue weighted by Gasteiger charge is 2.44. The Labute approximate surface area is 268 Å². The number of ether oxygens (including phenoxy) is 2. The van der Waals surface area contributed by atoms with Crippen LogP contribution in [-0.4, -0.2) is 56.6 Å². The number of aryl methyl sites for hydroxylation is 1. The highest BCUT2D eigenvalue weighted by atomic mass is 16.6. The Morgan fingerprint density at radius 2 is 1.46 bits per heavy atom. The number of carbonyl (C=O) groups is 3. The third-order valence-corrected chi connectivity index (χ3v) is 8.36. The molecule has 10 heteroatoms. The number of piperidine rings is 1. The quantitative estimate of drug-likeness (QED) is 0.219. The van der Waals surface area contributed by atoms with Gasteiger partial charge in [-0.05, 0) is 68.4 Å². The van der Waals surface area contributed by atoms with Gasteiger partial charge >= 0.3 is 18.2 Å². The van der Waals surface area contributed by atoms with Crippen molar-refractivity contribution in [3.63, 3.8) is 0 Å². The second-order valence-corrected chi connectivity index (χ2v) is 12.6. The van der Waals surface area contributed by atoms with Crippen LogP contribution in [-0.2, 0) is 26.7 Å². The number of aliphatic carboxylic acids is 1. The number of likely N-dealkylation sites (tertiary alicyclic amines) is 1. The molecule has 0 aliphatic carbocycles. The van der Waals surface area contributed by atoms with Gasteiger partial charge in [-0.25, -0.2) is 9.59 Å². The summed E-state index contributed by atoms with van der Waals surface area (Å²) in [6.45, 7) is 7.87. The molecule has 5 rings (SSSR count). The van der Waals surface area contributed by atoms with E-state index in [0.717, 1.165) is 27.8 Å². The summed E-state index contributed by atoms with van der Waals surface area (Å²) in [6, 6.07) is 25.0. The molecule has 2 N–H and O–H groups in total. The number of aromatic nitrogens is 2. The summed E-state index contributed by atoms with van der Waals surface area (Å²) in [5.41, 5.74) is 3.41. The fourth-order valence-corrected chi connectivity index (χ4v) is 5.72. The van der Waals surface area contributed by atoms with Crippen LogP contribution in [0.1, 0.15) is 57.8 Å². The fourth-order valence-electron chi connectivity index (χ4n) is 5.72. The van der Waals surface area contributed by atoms with E-state index in [1.54, 1.807) is 22.8 Å². The monoisotopic (exact) mass is 624 g/mol. The van der Waals surface area contributed by atoms with Crippen molar-refractivity contribution in [2.75, 3.05) is 18.4 Å². The van der Waals surface area contributed by atoms with Gasteiger partial charge in [0.05, 0.1) is 11.6 Å². The van der Waals surface area contributed by atoms with Crippen LogP contribution in [0.3, 0.4) is 0 Å². The maximum atomic E-state index is 12.7. The number of nitrogens with one attached hydrogen (secondary N) is 1. The molecular weight excluding hydrogens is 584 g/mol. The fraction of sp³-hybridized carbons (Fsp3) is 0.333. The molecule has 1 fully saturated rings. The van der Waals surface area contributed by atoms with Gasteiger partial charge in [-0.1, -0.05) is 78.9 Å².